The minimum atomic E-state index is -3.51. The predicted molar refractivity (Wildman–Crippen MR) is 101 cm³/mol. The molecule has 0 aliphatic carbocycles. The molecule has 2 aromatic carbocycles. The molecule has 2 rings (SSSR count). The fourth-order valence-corrected chi connectivity index (χ4v) is 3.52. The number of nitrogens with one attached hydrogen (secondary N) is 1. The Morgan fingerprint density at radius 3 is 2.52 bits per heavy atom. The minimum Gasteiger partial charge on any atom is -0.352 e. The van der Waals surface area contributed by atoms with Gasteiger partial charge in [-0.25, -0.2) is 8.42 Å². The molecule has 0 aliphatic rings. The van der Waals surface area contributed by atoms with Crippen LogP contribution in [0.3, 0.4) is 0 Å². The van der Waals surface area contributed by atoms with E-state index in [-0.39, 0.29) is 18.9 Å². The fourth-order valence-electron chi connectivity index (χ4n) is 2.41. The average molecular weight is 381 g/mol. The second-order valence-electron chi connectivity index (χ2n) is 5.77. The van der Waals surface area contributed by atoms with Gasteiger partial charge in [-0.1, -0.05) is 41.9 Å². The van der Waals surface area contributed by atoms with E-state index in [9.17, 15) is 13.2 Å². The van der Waals surface area contributed by atoms with Gasteiger partial charge in [-0.2, -0.15) is 0 Å². The number of amides is 1. The maximum atomic E-state index is 12.1. The molecule has 25 heavy (non-hydrogen) atoms. The van der Waals surface area contributed by atoms with E-state index < -0.39 is 10.0 Å². The van der Waals surface area contributed by atoms with Gasteiger partial charge >= 0.3 is 0 Å². The van der Waals surface area contributed by atoms with Crippen LogP contribution in [0.15, 0.2) is 48.5 Å². The normalized spacial score (nSPS) is 11.2. The summed E-state index contributed by atoms with van der Waals surface area (Å²) in [7, 11) is -3.51. The quantitative estimate of drug-likeness (QED) is 0.802. The van der Waals surface area contributed by atoms with Crippen LogP contribution in [-0.4, -0.2) is 27.1 Å². The number of sulfonamides is 1. The van der Waals surface area contributed by atoms with Gasteiger partial charge in [0.2, 0.25) is 15.9 Å². The highest BCUT2D eigenvalue weighted by Crippen LogP contribution is 2.22. The highest BCUT2D eigenvalue weighted by atomic mass is 35.5. The largest absolute Gasteiger partial charge is 0.352 e. The summed E-state index contributed by atoms with van der Waals surface area (Å²) < 4.78 is 25.2. The number of aryl methyl sites for hydroxylation is 1. The highest BCUT2D eigenvalue weighted by Gasteiger charge is 2.18. The monoisotopic (exact) mass is 380 g/mol. The van der Waals surface area contributed by atoms with Crippen LogP contribution >= 0.6 is 11.6 Å². The summed E-state index contributed by atoms with van der Waals surface area (Å²) in [5, 5.41) is 3.26. The number of nitrogens with zero attached hydrogens (tertiary/aromatic N) is 1. The molecule has 0 bridgehead atoms. The third-order valence-electron chi connectivity index (χ3n) is 3.78. The summed E-state index contributed by atoms with van der Waals surface area (Å²) in [6, 6.07) is 14.3. The van der Waals surface area contributed by atoms with Crippen molar-refractivity contribution >= 4 is 33.2 Å². The first-order valence-electron chi connectivity index (χ1n) is 7.82. The topological polar surface area (TPSA) is 66.5 Å². The van der Waals surface area contributed by atoms with E-state index in [1.165, 1.54) is 4.31 Å². The van der Waals surface area contributed by atoms with Gasteiger partial charge in [-0.05, 0) is 36.2 Å². The van der Waals surface area contributed by atoms with Gasteiger partial charge in [0.15, 0.2) is 0 Å². The van der Waals surface area contributed by atoms with Crippen molar-refractivity contribution in [2.45, 2.75) is 19.9 Å². The number of rotatable bonds is 7. The lowest BCUT2D eigenvalue weighted by atomic mass is 10.1. The first-order valence-corrected chi connectivity index (χ1v) is 10.0. The Morgan fingerprint density at radius 1 is 1.16 bits per heavy atom. The van der Waals surface area contributed by atoms with Crippen molar-refractivity contribution in [3.63, 3.8) is 0 Å². The molecule has 0 fully saturated rings. The van der Waals surface area contributed by atoms with Crippen molar-refractivity contribution in [2.75, 3.05) is 17.1 Å². The number of carbonyl (C=O) groups excluding carboxylic acids is 1. The van der Waals surface area contributed by atoms with Crippen LogP contribution in [0, 0.1) is 6.92 Å². The van der Waals surface area contributed by atoms with Crippen LogP contribution in [0.4, 0.5) is 5.69 Å². The van der Waals surface area contributed by atoms with Gasteiger partial charge in [0.25, 0.3) is 0 Å². The summed E-state index contributed by atoms with van der Waals surface area (Å²) in [6.07, 6.45) is 1.17. The van der Waals surface area contributed by atoms with Crippen molar-refractivity contribution in [3.8, 4) is 0 Å². The fraction of sp³-hybridized carbons (Fsp3) is 0.278. The number of hydrogen-bond acceptors (Lipinski definition) is 3. The molecule has 0 saturated carbocycles. The van der Waals surface area contributed by atoms with Crippen molar-refractivity contribution in [1.82, 2.24) is 5.32 Å². The molecular weight excluding hydrogens is 360 g/mol. The average Bonchev–Trinajstić information content (AvgIpc) is 2.53. The molecule has 1 amide bonds. The van der Waals surface area contributed by atoms with E-state index in [0.717, 1.165) is 17.4 Å². The lowest BCUT2D eigenvalue weighted by Crippen LogP contribution is -2.34. The molecule has 0 aliphatic heterocycles. The summed E-state index contributed by atoms with van der Waals surface area (Å²) in [6.45, 7) is 2.45. The Bertz CT molecular complexity index is 853. The Labute approximate surface area is 153 Å². The Morgan fingerprint density at radius 2 is 1.88 bits per heavy atom. The zero-order valence-corrected chi connectivity index (χ0v) is 15.8. The van der Waals surface area contributed by atoms with Gasteiger partial charge in [-0.15, -0.1) is 0 Å². The van der Waals surface area contributed by atoms with E-state index in [1.54, 1.807) is 24.3 Å². The van der Waals surface area contributed by atoms with Crippen LogP contribution in [0.1, 0.15) is 17.5 Å². The van der Waals surface area contributed by atoms with E-state index >= 15 is 0 Å². The van der Waals surface area contributed by atoms with Crippen LogP contribution in [0.5, 0.6) is 0 Å². The lowest BCUT2D eigenvalue weighted by Gasteiger charge is -2.22. The molecule has 2 aromatic rings. The standard InChI is InChI=1S/C18H21ClN2O3S/c1-14-6-3-4-7-15(14)13-20-18(22)10-11-21(25(2,23)24)17-9-5-8-16(19)12-17/h3-9,12H,10-11,13H2,1-2H3,(H,20,22). The zero-order chi connectivity index (χ0) is 18.4. The van der Waals surface area contributed by atoms with Crippen molar-refractivity contribution < 1.29 is 13.2 Å². The van der Waals surface area contributed by atoms with E-state index in [4.69, 9.17) is 11.6 Å². The Kier molecular flexibility index (Phi) is 6.45. The third-order valence-corrected chi connectivity index (χ3v) is 5.20. The second-order valence-corrected chi connectivity index (χ2v) is 8.11. The maximum Gasteiger partial charge on any atom is 0.232 e. The molecule has 0 saturated heterocycles. The summed E-state index contributed by atoms with van der Waals surface area (Å²) in [4.78, 5) is 12.1. The summed E-state index contributed by atoms with van der Waals surface area (Å²) in [5.41, 5.74) is 2.58. The van der Waals surface area contributed by atoms with Crippen LogP contribution in [0.2, 0.25) is 5.02 Å². The molecule has 0 atom stereocenters. The van der Waals surface area contributed by atoms with Crippen molar-refractivity contribution in [3.05, 3.63) is 64.7 Å². The second kappa shape index (κ2) is 8.36. The molecule has 0 radical (unpaired) electrons. The van der Waals surface area contributed by atoms with Gasteiger partial charge in [-0.3, -0.25) is 9.10 Å². The third kappa shape index (κ3) is 5.76. The van der Waals surface area contributed by atoms with Crippen molar-refractivity contribution in [2.24, 2.45) is 0 Å². The van der Waals surface area contributed by atoms with Crippen LogP contribution in [0.25, 0.3) is 0 Å². The number of benzene rings is 2. The summed E-state index contributed by atoms with van der Waals surface area (Å²) in [5.74, 6) is -0.209. The SMILES string of the molecule is Cc1ccccc1CNC(=O)CCN(c1cccc(Cl)c1)S(C)(=O)=O. The molecule has 5 nitrogen and oxygen atoms in total. The molecule has 7 heteroatoms. The maximum absolute atomic E-state index is 12.1. The highest BCUT2D eigenvalue weighted by molar-refractivity contribution is 7.92. The van der Waals surface area contributed by atoms with Crippen LogP contribution < -0.4 is 9.62 Å². The molecular formula is C18H21ClN2O3S. The van der Waals surface area contributed by atoms with Gasteiger partial charge < -0.3 is 5.32 Å². The molecule has 1 N–H and O–H groups in total. The van der Waals surface area contributed by atoms with Crippen molar-refractivity contribution in [1.29, 1.82) is 0 Å². The first-order chi connectivity index (χ1) is 11.8. The lowest BCUT2D eigenvalue weighted by molar-refractivity contribution is -0.121. The Hall–Kier alpha value is -2.05. The van der Waals surface area contributed by atoms with Gasteiger partial charge in [0, 0.05) is 24.5 Å². The number of carbonyl (C=O) groups is 1. The summed E-state index contributed by atoms with van der Waals surface area (Å²) >= 11 is 5.93. The van der Waals surface area contributed by atoms with Crippen LogP contribution in [-0.2, 0) is 21.4 Å². The van der Waals surface area contributed by atoms with Gasteiger partial charge in [0.1, 0.15) is 0 Å². The Balaban J connectivity index is 1.99. The first kappa shape index (κ1) is 19.3. The molecule has 134 valence electrons. The molecule has 0 aromatic heterocycles. The number of anilines is 1. The predicted octanol–water partition coefficient (Wildman–Crippen LogP) is 3.12. The number of halogens is 1. The molecule has 0 heterocycles. The molecule has 0 spiro atoms. The van der Waals surface area contributed by atoms with E-state index in [2.05, 4.69) is 5.32 Å². The smallest absolute Gasteiger partial charge is 0.232 e. The van der Waals surface area contributed by atoms with E-state index in [1.807, 2.05) is 31.2 Å². The van der Waals surface area contributed by atoms with E-state index in [0.29, 0.717) is 17.3 Å². The molecule has 0 unspecified atom stereocenters. The van der Waals surface area contributed by atoms with Gasteiger partial charge in [0.05, 0.1) is 11.9 Å². The zero-order valence-electron chi connectivity index (χ0n) is 14.2. The minimum absolute atomic E-state index is 0.0543. The number of hydrogen-bond donors (Lipinski definition) is 1.